The van der Waals surface area contributed by atoms with Gasteiger partial charge < -0.3 is 10.2 Å². The molecule has 0 atom stereocenters. The van der Waals surface area contributed by atoms with Crippen LogP contribution in [0.2, 0.25) is 0 Å². The van der Waals surface area contributed by atoms with Gasteiger partial charge in [-0.1, -0.05) is 6.07 Å². The van der Waals surface area contributed by atoms with Crippen LogP contribution in [0.3, 0.4) is 0 Å². The summed E-state index contributed by atoms with van der Waals surface area (Å²) in [4.78, 5) is 0.302. The Morgan fingerprint density at radius 1 is 0.810 bits per heavy atom. The fourth-order valence-corrected chi connectivity index (χ4v) is 4.85. The summed E-state index contributed by atoms with van der Waals surface area (Å²) in [5, 5.41) is 19.4. The van der Waals surface area contributed by atoms with Crippen molar-refractivity contribution in [3.05, 3.63) is 46.5 Å². The number of aryl methyl sites for hydroxylation is 3. The SMILES string of the molecule is Cc1cc(O)cc(C)c1S(=O)(=O)c1c(C)ccc(O)c1C. The zero-order valence-electron chi connectivity index (χ0n) is 12.4. The number of sulfone groups is 1. The van der Waals surface area contributed by atoms with Gasteiger partial charge in [0, 0.05) is 5.56 Å². The quantitative estimate of drug-likeness (QED) is 0.893. The monoisotopic (exact) mass is 306 g/mol. The summed E-state index contributed by atoms with van der Waals surface area (Å²) in [5.74, 6) is -0.0124. The van der Waals surface area contributed by atoms with Gasteiger partial charge in [-0.3, -0.25) is 0 Å². The Kier molecular flexibility index (Phi) is 3.72. The van der Waals surface area contributed by atoms with Gasteiger partial charge >= 0.3 is 0 Å². The molecule has 21 heavy (non-hydrogen) atoms. The maximum atomic E-state index is 13.0. The average Bonchev–Trinajstić information content (AvgIpc) is 2.32. The molecule has 0 aromatic heterocycles. The third-order valence-electron chi connectivity index (χ3n) is 3.56. The normalized spacial score (nSPS) is 11.6. The van der Waals surface area contributed by atoms with Crippen LogP contribution in [0.25, 0.3) is 0 Å². The van der Waals surface area contributed by atoms with Crippen molar-refractivity contribution in [2.45, 2.75) is 37.5 Å². The molecule has 0 saturated carbocycles. The summed E-state index contributed by atoms with van der Waals surface area (Å²) in [5.41, 5.74) is 1.88. The minimum Gasteiger partial charge on any atom is -0.508 e. The largest absolute Gasteiger partial charge is 0.508 e. The van der Waals surface area contributed by atoms with E-state index in [1.165, 1.54) is 18.2 Å². The van der Waals surface area contributed by atoms with Gasteiger partial charge in [0.2, 0.25) is 9.84 Å². The summed E-state index contributed by atoms with van der Waals surface area (Å²) >= 11 is 0. The van der Waals surface area contributed by atoms with Gasteiger partial charge in [0.1, 0.15) is 11.5 Å². The van der Waals surface area contributed by atoms with Gasteiger partial charge in [-0.25, -0.2) is 8.42 Å². The lowest BCUT2D eigenvalue weighted by atomic mass is 10.1. The van der Waals surface area contributed by atoms with E-state index in [1.807, 2.05) is 0 Å². The lowest BCUT2D eigenvalue weighted by Gasteiger charge is -2.16. The van der Waals surface area contributed by atoms with Gasteiger partial charge in [0.15, 0.2) is 0 Å². The van der Waals surface area contributed by atoms with Crippen molar-refractivity contribution in [2.24, 2.45) is 0 Å². The number of rotatable bonds is 2. The Labute approximate surface area is 124 Å². The zero-order chi connectivity index (χ0) is 15.9. The highest BCUT2D eigenvalue weighted by molar-refractivity contribution is 7.91. The summed E-state index contributed by atoms with van der Waals surface area (Å²) in [6.45, 7) is 6.57. The van der Waals surface area contributed by atoms with E-state index in [2.05, 4.69) is 0 Å². The van der Waals surface area contributed by atoms with Crippen LogP contribution in [0.5, 0.6) is 11.5 Å². The maximum Gasteiger partial charge on any atom is 0.207 e. The molecule has 112 valence electrons. The lowest BCUT2D eigenvalue weighted by molar-refractivity contribution is 0.467. The van der Waals surface area contributed by atoms with Crippen molar-refractivity contribution in [1.29, 1.82) is 0 Å². The van der Waals surface area contributed by atoms with E-state index < -0.39 is 9.84 Å². The standard InChI is InChI=1S/C16H18O4S/c1-9-5-6-14(18)12(4)16(9)21(19,20)15-10(2)7-13(17)8-11(15)3/h5-8,17-18H,1-4H3. The van der Waals surface area contributed by atoms with Crippen LogP contribution >= 0.6 is 0 Å². The Bertz CT molecular complexity index is 797. The second-order valence-electron chi connectivity index (χ2n) is 5.27. The number of benzene rings is 2. The molecular weight excluding hydrogens is 288 g/mol. The van der Waals surface area contributed by atoms with Crippen LogP contribution < -0.4 is 0 Å². The van der Waals surface area contributed by atoms with Gasteiger partial charge in [-0.15, -0.1) is 0 Å². The van der Waals surface area contributed by atoms with E-state index in [9.17, 15) is 18.6 Å². The van der Waals surface area contributed by atoms with Crippen LogP contribution in [0, 0.1) is 27.7 Å². The van der Waals surface area contributed by atoms with Gasteiger partial charge in [-0.2, -0.15) is 0 Å². The van der Waals surface area contributed by atoms with Gasteiger partial charge in [-0.05, 0) is 62.6 Å². The Hall–Kier alpha value is -2.01. The number of phenolic OH excluding ortho intramolecular Hbond substituents is 2. The van der Waals surface area contributed by atoms with E-state index in [0.29, 0.717) is 22.3 Å². The second kappa shape index (κ2) is 5.07. The van der Waals surface area contributed by atoms with Gasteiger partial charge in [0.05, 0.1) is 9.79 Å². The highest BCUT2D eigenvalue weighted by Crippen LogP contribution is 2.35. The number of hydrogen-bond donors (Lipinski definition) is 2. The fourth-order valence-electron chi connectivity index (χ4n) is 2.68. The molecule has 0 bridgehead atoms. The van der Waals surface area contributed by atoms with Crippen LogP contribution in [-0.4, -0.2) is 18.6 Å². The molecule has 0 aliphatic carbocycles. The molecule has 0 aliphatic rings. The Morgan fingerprint density at radius 3 is 1.86 bits per heavy atom. The molecule has 0 fully saturated rings. The van der Waals surface area contributed by atoms with E-state index in [1.54, 1.807) is 33.8 Å². The highest BCUT2D eigenvalue weighted by Gasteiger charge is 2.27. The lowest BCUT2D eigenvalue weighted by Crippen LogP contribution is -2.10. The minimum atomic E-state index is -3.77. The van der Waals surface area contributed by atoms with E-state index in [-0.39, 0.29) is 21.3 Å². The molecule has 0 radical (unpaired) electrons. The molecule has 0 spiro atoms. The first-order valence-corrected chi connectivity index (χ1v) is 7.99. The van der Waals surface area contributed by atoms with Crippen molar-refractivity contribution >= 4 is 9.84 Å². The van der Waals surface area contributed by atoms with Crippen LogP contribution in [0.15, 0.2) is 34.1 Å². The fraction of sp³-hybridized carbons (Fsp3) is 0.250. The molecule has 0 unspecified atom stereocenters. The average molecular weight is 306 g/mol. The first-order valence-electron chi connectivity index (χ1n) is 6.50. The molecule has 0 heterocycles. The predicted octanol–water partition coefficient (Wildman–Crippen LogP) is 3.16. The molecule has 5 heteroatoms. The summed E-state index contributed by atoms with van der Waals surface area (Å²) in [6.07, 6.45) is 0. The van der Waals surface area contributed by atoms with Crippen molar-refractivity contribution < 1.29 is 18.6 Å². The van der Waals surface area contributed by atoms with Gasteiger partial charge in [0.25, 0.3) is 0 Å². The number of phenols is 2. The van der Waals surface area contributed by atoms with Crippen molar-refractivity contribution in [3.63, 3.8) is 0 Å². The van der Waals surface area contributed by atoms with E-state index >= 15 is 0 Å². The van der Waals surface area contributed by atoms with Crippen molar-refractivity contribution in [2.75, 3.05) is 0 Å². The first kappa shape index (κ1) is 15.4. The second-order valence-corrected chi connectivity index (χ2v) is 7.09. The molecule has 4 nitrogen and oxygen atoms in total. The third-order valence-corrected chi connectivity index (χ3v) is 5.90. The molecule has 2 rings (SSSR count). The predicted molar refractivity (Wildman–Crippen MR) is 80.6 cm³/mol. The van der Waals surface area contributed by atoms with Crippen LogP contribution in [0.1, 0.15) is 22.3 Å². The van der Waals surface area contributed by atoms with Crippen LogP contribution in [0.4, 0.5) is 0 Å². The summed E-state index contributed by atoms with van der Waals surface area (Å²) < 4.78 is 26.0. The topological polar surface area (TPSA) is 74.6 Å². The molecule has 0 aliphatic heterocycles. The van der Waals surface area contributed by atoms with Crippen molar-refractivity contribution in [1.82, 2.24) is 0 Å². The molecule has 2 aromatic carbocycles. The molecule has 2 aromatic rings. The number of aromatic hydroxyl groups is 2. The Morgan fingerprint density at radius 2 is 1.33 bits per heavy atom. The molecular formula is C16H18O4S. The zero-order valence-corrected chi connectivity index (χ0v) is 13.2. The van der Waals surface area contributed by atoms with E-state index in [4.69, 9.17) is 0 Å². The molecule has 2 N–H and O–H groups in total. The third kappa shape index (κ3) is 2.49. The molecule has 0 amide bonds. The molecule has 0 saturated heterocycles. The maximum absolute atomic E-state index is 13.0. The summed E-state index contributed by atoms with van der Waals surface area (Å²) in [6, 6.07) is 5.92. The summed E-state index contributed by atoms with van der Waals surface area (Å²) in [7, 11) is -3.77. The Balaban J connectivity index is 2.85. The highest BCUT2D eigenvalue weighted by atomic mass is 32.2. The number of hydrogen-bond acceptors (Lipinski definition) is 4. The minimum absolute atomic E-state index is 0.0355. The van der Waals surface area contributed by atoms with Crippen LogP contribution in [-0.2, 0) is 9.84 Å². The smallest absolute Gasteiger partial charge is 0.207 e. The first-order chi connectivity index (χ1) is 9.66. The van der Waals surface area contributed by atoms with E-state index in [0.717, 1.165) is 0 Å². The van der Waals surface area contributed by atoms with Crippen molar-refractivity contribution in [3.8, 4) is 11.5 Å².